The molecular weight excluding hydrogens is 158 g/mol. The van der Waals surface area contributed by atoms with E-state index in [1.165, 1.54) is 22.0 Å². The summed E-state index contributed by atoms with van der Waals surface area (Å²) in [7, 11) is 0. The lowest BCUT2D eigenvalue weighted by molar-refractivity contribution is 1.05. The Bertz CT molecular complexity index is 412. The third-order valence-electron chi connectivity index (χ3n) is 2.67. The normalized spacial score (nSPS) is 10.9. The van der Waals surface area contributed by atoms with Gasteiger partial charge in [0.1, 0.15) is 0 Å². The van der Waals surface area contributed by atoms with Crippen LogP contribution >= 0.6 is 0 Å². The highest BCUT2D eigenvalue weighted by Gasteiger charge is 2.04. The van der Waals surface area contributed by atoms with Crippen molar-refractivity contribution in [2.45, 2.75) is 26.7 Å². The Morgan fingerprint density at radius 2 is 1.92 bits per heavy atom. The van der Waals surface area contributed by atoms with Crippen LogP contribution in [-0.2, 0) is 12.8 Å². The number of aromatic amines is 1. The van der Waals surface area contributed by atoms with E-state index >= 15 is 0 Å². The zero-order valence-electron chi connectivity index (χ0n) is 8.22. The number of rotatable bonds is 2. The van der Waals surface area contributed by atoms with Crippen LogP contribution in [0.2, 0.25) is 0 Å². The van der Waals surface area contributed by atoms with E-state index < -0.39 is 0 Å². The van der Waals surface area contributed by atoms with Gasteiger partial charge in [0.05, 0.1) is 0 Å². The highest BCUT2D eigenvalue weighted by Crippen LogP contribution is 2.22. The Hall–Kier alpha value is -1.24. The van der Waals surface area contributed by atoms with E-state index in [0.29, 0.717) is 0 Å². The standard InChI is InChI=1S/C12H15N/c1-3-9-5-6-10-7-8-13-12(10)11(9)4-2/h5-8,13H,3-4H2,1-2H3. The van der Waals surface area contributed by atoms with Gasteiger partial charge in [0.2, 0.25) is 0 Å². The molecule has 1 N–H and O–H groups in total. The molecule has 2 aromatic rings. The van der Waals surface area contributed by atoms with Gasteiger partial charge < -0.3 is 4.98 Å². The molecule has 1 heteroatoms. The lowest BCUT2D eigenvalue weighted by Gasteiger charge is -2.06. The van der Waals surface area contributed by atoms with Gasteiger partial charge in [-0.1, -0.05) is 26.0 Å². The van der Waals surface area contributed by atoms with Crippen molar-refractivity contribution < 1.29 is 0 Å². The third kappa shape index (κ3) is 1.24. The van der Waals surface area contributed by atoms with Crippen LogP contribution in [0.15, 0.2) is 24.4 Å². The van der Waals surface area contributed by atoms with Crippen LogP contribution in [0.1, 0.15) is 25.0 Å². The molecule has 1 heterocycles. The molecule has 1 aromatic carbocycles. The fourth-order valence-corrected chi connectivity index (χ4v) is 1.97. The maximum atomic E-state index is 3.31. The van der Waals surface area contributed by atoms with Gasteiger partial charge >= 0.3 is 0 Å². The number of hydrogen-bond donors (Lipinski definition) is 1. The Balaban J connectivity index is 2.74. The number of hydrogen-bond acceptors (Lipinski definition) is 0. The monoisotopic (exact) mass is 173 g/mol. The van der Waals surface area contributed by atoms with Gasteiger partial charge in [0.25, 0.3) is 0 Å². The number of aromatic nitrogens is 1. The largest absolute Gasteiger partial charge is 0.361 e. The predicted molar refractivity (Wildman–Crippen MR) is 57.1 cm³/mol. The summed E-state index contributed by atoms with van der Waals surface area (Å²) < 4.78 is 0. The Morgan fingerprint density at radius 1 is 1.08 bits per heavy atom. The number of benzene rings is 1. The van der Waals surface area contributed by atoms with E-state index in [1.54, 1.807) is 0 Å². The minimum Gasteiger partial charge on any atom is -0.361 e. The van der Waals surface area contributed by atoms with Crippen LogP contribution in [0.25, 0.3) is 10.9 Å². The molecule has 13 heavy (non-hydrogen) atoms. The smallest absolute Gasteiger partial charge is 0.0489 e. The average molecular weight is 173 g/mol. The minimum absolute atomic E-state index is 1.11. The van der Waals surface area contributed by atoms with Gasteiger partial charge in [-0.25, -0.2) is 0 Å². The van der Waals surface area contributed by atoms with Crippen LogP contribution in [-0.4, -0.2) is 4.98 Å². The molecule has 0 bridgehead atoms. The van der Waals surface area contributed by atoms with Crippen molar-refractivity contribution >= 4 is 10.9 Å². The lowest BCUT2D eigenvalue weighted by atomic mass is 10.0. The summed E-state index contributed by atoms with van der Waals surface area (Å²) in [5, 5.41) is 1.33. The molecule has 2 rings (SSSR count). The van der Waals surface area contributed by atoms with Crippen molar-refractivity contribution in [3.8, 4) is 0 Å². The predicted octanol–water partition coefficient (Wildman–Crippen LogP) is 3.29. The van der Waals surface area contributed by atoms with Gasteiger partial charge in [0.15, 0.2) is 0 Å². The first kappa shape index (κ1) is 8.36. The first-order valence-electron chi connectivity index (χ1n) is 4.94. The second-order valence-corrected chi connectivity index (χ2v) is 3.35. The summed E-state index contributed by atoms with van der Waals surface area (Å²) in [6.07, 6.45) is 4.25. The van der Waals surface area contributed by atoms with Gasteiger partial charge in [0, 0.05) is 11.7 Å². The minimum atomic E-state index is 1.11. The van der Waals surface area contributed by atoms with Crippen molar-refractivity contribution in [2.24, 2.45) is 0 Å². The van der Waals surface area contributed by atoms with E-state index in [-0.39, 0.29) is 0 Å². The topological polar surface area (TPSA) is 15.8 Å². The lowest BCUT2D eigenvalue weighted by Crippen LogP contribution is -1.91. The summed E-state index contributed by atoms with van der Waals surface area (Å²) in [5.41, 5.74) is 4.27. The Morgan fingerprint density at radius 3 is 2.62 bits per heavy atom. The molecule has 0 radical (unpaired) electrons. The quantitative estimate of drug-likeness (QED) is 0.717. The van der Waals surface area contributed by atoms with E-state index in [4.69, 9.17) is 0 Å². The molecule has 0 unspecified atom stereocenters. The average Bonchev–Trinajstić information content (AvgIpc) is 2.63. The molecular formula is C12H15N. The first-order valence-corrected chi connectivity index (χ1v) is 4.94. The molecule has 1 nitrogen and oxygen atoms in total. The molecule has 0 aliphatic rings. The summed E-state index contributed by atoms with van der Waals surface area (Å²) in [4.78, 5) is 3.31. The van der Waals surface area contributed by atoms with E-state index in [1.807, 2.05) is 6.20 Å². The molecule has 0 atom stereocenters. The molecule has 1 aromatic heterocycles. The van der Waals surface area contributed by atoms with Crippen LogP contribution < -0.4 is 0 Å². The van der Waals surface area contributed by atoms with Gasteiger partial charge in [-0.05, 0) is 35.4 Å². The molecule has 0 aliphatic carbocycles. The van der Waals surface area contributed by atoms with Crippen LogP contribution in [0, 0.1) is 0 Å². The summed E-state index contributed by atoms with van der Waals surface area (Å²) in [6.45, 7) is 4.43. The fraction of sp³-hybridized carbons (Fsp3) is 0.333. The van der Waals surface area contributed by atoms with Crippen molar-refractivity contribution in [1.29, 1.82) is 0 Å². The van der Waals surface area contributed by atoms with Crippen molar-refractivity contribution in [3.63, 3.8) is 0 Å². The fourth-order valence-electron chi connectivity index (χ4n) is 1.97. The Kier molecular flexibility index (Phi) is 2.09. The maximum absolute atomic E-state index is 3.31. The van der Waals surface area contributed by atoms with Crippen molar-refractivity contribution in [3.05, 3.63) is 35.5 Å². The van der Waals surface area contributed by atoms with E-state index in [0.717, 1.165) is 12.8 Å². The van der Waals surface area contributed by atoms with Gasteiger partial charge in [-0.15, -0.1) is 0 Å². The first-order chi connectivity index (χ1) is 6.36. The highest BCUT2D eigenvalue weighted by molar-refractivity contribution is 5.83. The Labute approximate surface area is 78.8 Å². The summed E-state index contributed by atoms with van der Waals surface area (Å²) in [6, 6.07) is 6.58. The second kappa shape index (κ2) is 3.25. The molecule has 0 spiro atoms. The van der Waals surface area contributed by atoms with Crippen LogP contribution in [0.4, 0.5) is 0 Å². The second-order valence-electron chi connectivity index (χ2n) is 3.35. The van der Waals surface area contributed by atoms with E-state index in [2.05, 4.69) is 37.0 Å². The molecule has 0 saturated carbocycles. The zero-order chi connectivity index (χ0) is 9.26. The number of nitrogens with one attached hydrogen (secondary N) is 1. The zero-order valence-corrected chi connectivity index (χ0v) is 8.22. The SMILES string of the molecule is CCc1ccc2cc[nH]c2c1CC. The molecule has 0 aliphatic heterocycles. The van der Waals surface area contributed by atoms with E-state index in [9.17, 15) is 0 Å². The molecule has 68 valence electrons. The maximum Gasteiger partial charge on any atom is 0.0489 e. The number of fused-ring (bicyclic) bond motifs is 1. The molecule has 0 fully saturated rings. The summed E-state index contributed by atoms with van der Waals surface area (Å²) >= 11 is 0. The molecule has 0 saturated heterocycles. The third-order valence-corrected chi connectivity index (χ3v) is 2.67. The van der Waals surface area contributed by atoms with Gasteiger partial charge in [-0.2, -0.15) is 0 Å². The van der Waals surface area contributed by atoms with Crippen LogP contribution in [0.5, 0.6) is 0 Å². The molecule has 0 amide bonds. The summed E-state index contributed by atoms with van der Waals surface area (Å²) in [5.74, 6) is 0. The van der Waals surface area contributed by atoms with Crippen molar-refractivity contribution in [1.82, 2.24) is 4.98 Å². The number of aryl methyl sites for hydroxylation is 2. The van der Waals surface area contributed by atoms with Gasteiger partial charge in [-0.3, -0.25) is 0 Å². The highest BCUT2D eigenvalue weighted by atomic mass is 14.7. The number of H-pyrrole nitrogens is 1. The van der Waals surface area contributed by atoms with Crippen molar-refractivity contribution in [2.75, 3.05) is 0 Å². The van der Waals surface area contributed by atoms with Crippen LogP contribution in [0.3, 0.4) is 0 Å².